The summed E-state index contributed by atoms with van der Waals surface area (Å²) in [6, 6.07) is 2.05. The molecule has 5 heteroatoms. The van der Waals surface area contributed by atoms with Crippen LogP contribution in [0.5, 0.6) is 0 Å². The first-order chi connectivity index (χ1) is 8.37. The largest absolute Gasteiger partial charge is 0.338 e. The maximum atomic E-state index is 9.16. The van der Waals surface area contributed by atoms with Crippen LogP contribution in [-0.4, -0.2) is 20.3 Å². The van der Waals surface area contributed by atoms with E-state index in [4.69, 9.17) is 11.8 Å². The van der Waals surface area contributed by atoms with Crippen molar-refractivity contribution in [2.24, 2.45) is 0 Å². The van der Waals surface area contributed by atoms with Crippen molar-refractivity contribution < 1.29 is 0 Å². The molecule has 0 aliphatic heterocycles. The summed E-state index contributed by atoms with van der Waals surface area (Å²) in [5.74, 6) is 0.706. The molecule has 0 amide bonds. The third-order valence-electron chi connectivity index (χ3n) is 2.54. The SMILES string of the molecule is [C-]#[N+]C(C#N)(CC=C)Cn1cnc(C(C)(C)C)n1. The van der Waals surface area contributed by atoms with Crippen molar-refractivity contribution in [3.8, 4) is 6.07 Å². The van der Waals surface area contributed by atoms with Gasteiger partial charge in [-0.3, -0.25) is 4.85 Å². The summed E-state index contributed by atoms with van der Waals surface area (Å²) >= 11 is 0. The van der Waals surface area contributed by atoms with E-state index in [1.165, 1.54) is 0 Å². The number of hydrogen-bond acceptors (Lipinski definition) is 3. The van der Waals surface area contributed by atoms with Crippen LogP contribution in [0.1, 0.15) is 33.0 Å². The molecule has 1 atom stereocenters. The Morgan fingerprint density at radius 3 is 2.67 bits per heavy atom. The summed E-state index contributed by atoms with van der Waals surface area (Å²) < 4.78 is 1.56. The Labute approximate surface area is 108 Å². The van der Waals surface area contributed by atoms with Gasteiger partial charge in [-0.25, -0.2) is 16.2 Å². The van der Waals surface area contributed by atoms with Gasteiger partial charge in [0.15, 0.2) is 11.9 Å². The summed E-state index contributed by atoms with van der Waals surface area (Å²) in [7, 11) is 0. The van der Waals surface area contributed by atoms with Crippen LogP contribution in [0.2, 0.25) is 0 Å². The summed E-state index contributed by atoms with van der Waals surface area (Å²) in [5.41, 5.74) is -1.28. The van der Waals surface area contributed by atoms with Crippen molar-refractivity contribution in [1.29, 1.82) is 5.26 Å². The smallest absolute Gasteiger partial charge is 0.292 e. The van der Waals surface area contributed by atoms with E-state index in [9.17, 15) is 0 Å². The van der Waals surface area contributed by atoms with Crippen LogP contribution in [0.3, 0.4) is 0 Å². The standard InChI is InChI=1S/C13H17N5/c1-6-7-13(8-14,15-5)9-18-10-16-11(17-18)12(2,3)4/h6,10H,1,7,9H2,2-4H3. The Kier molecular flexibility index (Phi) is 3.88. The van der Waals surface area contributed by atoms with Crippen LogP contribution in [-0.2, 0) is 12.0 Å². The second-order valence-electron chi connectivity index (χ2n) is 5.26. The highest BCUT2D eigenvalue weighted by Gasteiger charge is 2.36. The Morgan fingerprint density at radius 1 is 1.61 bits per heavy atom. The lowest BCUT2D eigenvalue weighted by Gasteiger charge is -2.14. The highest BCUT2D eigenvalue weighted by atomic mass is 15.3. The van der Waals surface area contributed by atoms with E-state index in [0.29, 0.717) is 12.2 Å². The van der Waals surface area contributed by atoms with Gasteiger partial charge in [0.25, 0.3) is 0 Å². The first-order valence-electron chi connectivity index (χ1n) is 5.67. The summed E-state index contributed by atoms with van der Waals surface area (Å²) in [6.07, 6.45) is 3.47. The van der Waals surface area contributed by atoms with E-state index in [-0.39, 0.29) is 12.0 Å². The Balaban J connectivity index is 2.97. The molecule has 1 rings (SSSR count). The van der Waals surface area contributed by atoms with Crippen molar-refractivity contribution in [2.75, 3.05) is 0 Å². The number of hydrogen-bond donors (Lipinski definition) is 0. The molecule has 0 radical (unpaired) electrons. The first kappa shape index (κ1) is 13.9. The van der Waals surface area contributed by atoms with Crippen molar-refractivity contribution in [2.45, 2.75) is 44.7 Å². The van der Waals surface area contributed by atoms with E-state index in [0.717, 1.165) is 0 Å². The first-order valence-corrected chi connectivity index (χ1v) is 5.67. The van der Waals surface area contributed by atoms with Crippen LogP contribution < -0.4 is 0 Å². The molecule has 0 fully saturated rings. The van der Waals surface area contributed by atoms with E-state index in [1.807, 2.05) is 26.8 Å². The molecule has 0 saturated heterocycles. The molecule has 0 spiro atoms. The molecule has 1 heterocycles. The van der Waals surface area contributed by atoms with Crippen molar-refractivity contribution in [1.82, 2.24) is 14.8 Å². The lowest BCUT2D eigenvalue weighted by Crippen LogP contribution is -2.29. The highest BCUT2D eigenvalue weighted by Crippen LogP contribution is 2.21. The molecular formula is C13H17N5. The molecule has 0 N–H and O–H groups in total. The van der Waals surface area contributed by atoms with Gasteiger partial charge < -0.3 is 0 Å². The summed E-state index contributed by atoms with van der Waals surface area (Å²) in [5, 5.41) is 13.5. The lowest BCUT2D eigenvalue weighted by molar-refractivity contribution is 0.467. The number of nitrogens with zero attached hydrogens (tertiary/aromatic N) is 5. The van der Waals surface area contributed by atoms with Gasteiger partial charge in [0.05, 0.1) is 6.42 Å². The van der Waals surface area contributed by atoms with Gasteiger partial charge in [0, 0.05) is 5.41 Å². The molecule has 94 valence electrons. The topological polar surface area (TPSA) is 58.9 Å². The second kappa shape index (κ2) is 5.01. The normalized spacial score (nSPS) is 14.3. The second-order valence-corrected chi connectivity index (χ2v) is 5.26. The van der Waals surface area contributed by atoms with Gasteiger partial charge in [-0.15, -0.1) is 6.58 Å². The fourth-order valence-electron chi connectivity index (χ4n) is 1.47. The van der Waals surface area contributed by atoms with Gasteiger partial charge >= 0.3 is 5.54 Å². The monoisotopic (exact) mass is 243 g/mol. The molecular weight excluding hydrogens is 226 g/mol. The predicted molar refractivity (Wildman–Crippen MR) is 68.5 cm³/mol. The number of rotatable bonds is 4. The van der Waals surface area contributed by atoms with E-state index in [1.54, 1.807) is 17.1 Å². The quantitative estimate of drug-likeness (QED) is 0.602. The lowest BCUT2D eigenvalue weighted by atomic mass is 9.96. The Hall–Kier alpha value is -2.14. The predicted octanol–water partition coefficient (Wildman–Crippen LogP) is 2.33. The van der Waals surface area contributed by atoms with Crippen LogP contribution >= 0.6 is 0 Å². The molecule has 0 aliphatic rings. The third kappa shape index (κ3) is 2.95. The van der Waals surface area contributed by atoms with Gasteiger partial charge in [0.2, 0.25) is 0 Å². The van der Waals surface area contributed by atoms with Gasteiger partial charge in [-0.05, 0) is 0 Å². The molecule has 18 heavy (non-hydrogen) atoms. The van der Waals surface area contributed by atoms with E-state index < -0.39 is 5.54 Å². The molecule has 1 aromatic rings. The maximum absolute atomic E-state index is 9.16. The van der Waals surface area contributed by atoms with Gasteiger partial charge in [0.1, 0.15) is 12.9 Å². The van der Waals surface area contributed by atoms with Crippen LogP contribution in [0.25, 0.3) is 4.85 Å². The van der Waals surface area contributed by atoms with Crippen molar-refractivity contribution in [3.05, 3.63) is 36.2 Å². The third-order valence-corrected chi connectivity index (χ3v) is 2.54. The average molecular weight is 243 g/mol. The molecule has 0 aliphatic carbocycles. The zero-order valence-electron chi connectivity index (χ0n) is 11.0. The molecule has 5 nitrogen and oxygen atoms in total. The fraction of sp³-hybridized carbons (Fsp3) is 0.538. The van der Waals surface area contributed by atoms with E-state index >= 15 is 0 Å². The molecule has 0 bridgehead atoms. The van der Waals surface area contributed by atoms with E-state index in [2.05, 4.69) is 21.5 Å². The average Bonchev–Trinajstić information content (AvgIpc) is 2.76. The zero-order chi connectivity index (χ0) is 13.8. The minimum absolute atomic E-state index is 0.142. The molecule has 0 saturated carbocycles. The number of aromatic nitrogens is 3. The van der Waals surface area contributed by atoms with Crippen molar-refractivity contribution in [3.63, 3.8) is 0 Å². The van der Waals surface area contributed by atoms with Crippen LogP contribution in [0, 0.1) is 17.9 Å². The molecule has 1 aromatic heterocycles. The van der Waals surface area contributed by atoms with Crippen LogP contribution in [0.4, 0.5) is 0 Å². The van der Waals surface area contributed by atoms with Crippen molar-refractivity contribution >= 4 is 0 Å². The fourth-order valence-corrected chi connectivity index (χ4v) is 1.47. The summed E-state index contributed by atoms with van der Waals surface area (Å²) in [6.45, 7) is 17.0. The molecule has 1 unspecified atom stereocenters. The number of nitriles is 1. The van der Waals surface area contributed by atoms with Gasteiger partial charge in [-0.2, -0.15) is 10.4 Å². The Morgan fingerprint density at radius 2 is 2.28 bits per heavy atom. The maximum Gasteiger partial charge on any atom is 0.338 e. The Bertz CT molecular complexity index is 493. The van der Waals surface area contributed by atoms with Gasteiger partial charge in [-0.1, -0.05) is 26.8 Å². The molecule has 0 aromatic carbocycles. The zero-order valence-corrected chi connectivity index (χ0v) is 11.0. The van der Waals surface area contributed by atoms with Crippen LogP contribution in [0.15, 0.2) is 19.0 Å². The minimum Gasteiger partial charge on any atom is -0.292 e. The minimum atomic E-state index is -1.13. The summed E-state index contributed by atoms with van der Waals surface area (Å²) in [4.78, 5) is 7.64. The highest BCUT2D eigenvalue weighted by molar-refractivity contribution is 5.17.